The first-order valence-corrected chi connectivity index (χ1v) is 15.7. The van der Waals surface area contributed by atoms with Gasteiger partial charge in [0.05, 0.1) is 11.9 Å². The van der Waals surface area contributed by atoms with Gasteiger partial charge >= 0.3 is 0 Å². The van der Waals surface area contributed by atoms with Crippen LogP contribution in [0.4, 0.5) is 5.69 Å². The molecule has 0 saturated heterocycles. The van der Waals surface area contributed by atoms with Crippen molar-refractivity contribution < 1.29 is 18.0 Å². The van der Waals surface area contributed by atoms with E-state index in [1.54, 1.807) is 30.3 Å². The van der Waals surface area contributed by atoms with Gasteiger partial charge in [-0.1, -0.05) is 78.7 Å². The summed E-state index contributed by atoms with van der Waals surface area (Å²) in [6.07, 6.45) is 2.59. The van der Waals surface area contributed by atoms with Crippen molar-refractivity contribution in [1.82, 2.24) is 10.2 Å². The Kier molecular flexibility index (Phi) is 11.4. The first-order chi connectivity index (χ1) is 19.0. The number of anilines is 1. The molecule has 2 amide bonds. The molecule has 0 bridgehead atoms. The van der Waals surface area contributed by atoms with Crippen molar-refractivity contribution in [2.24, 2.45) is 0 Å². The third-order valence-corrected chi connectivity index (χ3v) is 8.44. The number of aryl methyl sites for hydroxylation is 1. The molecule has 0 heterocycles. The minimum absolute atomic E-state index is 0.0343. The molecule has 3 aromatic rings. The van der Waals surface area contributed by atoms with E-state index in [0.29, 0.717) is 27.7 Å². The molecule has 10 heteroatoms. The summed E-state index contributed by atoms with van der Waals surface area (Å²) >= 11 is 12.5. The third kappa shape index (κ3) is 8.71. The number of hydrogen-bond acceptors (Lipinski definition) is 4. The normalized spacial score (nSPS) is 12.0. The summed E-state index contributed by atoms with van der Waals surface area (Å²) in [5.41, 5.74) is 3.19. The molecule has 3 aromatic carbocycles. The van der Waals surface area contributed by atoms with E-state index in [-0.39, 0.29) is 37.7 Å². The minimum atomic E-state index is -3.57. The third-order valence-electron chi connectivity index (χ3n) is 6.66. The fourth-order valence-electron chi connectivity index (χ4n) is 4.46. The van der Waals surface area contributed by atoms with Gasteiger partial charge in [0, 0.05) is 43.0 Å². The Morgan fingerprint density at radius 3 is 2.20 bits per heavy atom. The van der Waals surface area contributed by atoms with E-state index in [9.17, 15) is 18.0 Å². The maximum atomic E-state index is 13.7. The number of nitrogens with zero attached hydrogens (tertiary/aromatic N) is 2. The molecule has 0 fully saturated rings. The van der Waals surface area contributed by atoms with Gasteiger partial charge in [0.1, 0.15) is 6.04 Å². The molecule has 0 unspecified atom stereocenters. The summed E-state index contributed by atoms with van der Waals surface area (Å²) in [4.78, 5) is 28.3. The van der Waals surface area contributed by atoms with Gasteiger partial charge < -0.3 is 10.2 Å². The van der Waals surface area contributed by atoms with Crippen LogP contribution >= 0.6 is 23.2 Å². The van der Waals surface area contributed by atoms with Crippen molar-refractivity contribution in [2.45, 2.75) is 45.2 Å². The monoisotopic (exact) mass is 603 g/mol. The zero-order valence-corrected chi connectivity index (χ0v) is 25.3. The summed E-state index contributed by atoms with van der Waals surface area (Å²) in [7, 11) is -2.04. The Labute approximate surface area is 247 Å². The van der Waals surface area contributed by atoms with Crippen molar-refractivity contribution in [1.29, 1.82) is 0 Å². The number of amides is 2. The fraction of sp³-hybridized carbons (Fsp3) is 0.333. The summed E-state index contributed by atoms with van der Waals surface area (Å²) in [5.74, 6) is -0.596. The SMILES string of the molecule is CCc1ccc(N(CCCC(=O)N(Cc2ccc(Cl)cc2Cl)[C@H](Cc2ccccc2)C(=O)NC)S(C)(=O)=O)cc1. The van der Waals surface area contributed by atoms with Crippen LogP contribution < -0.4 is 9.62 Å². The minimum Gasteiger partial charge on any atom is -0.357 e. The molecule has 0 aliphatic rings. The van der Waals surface area contributed by atoms with Gasteiger partial charge in [-0.3, -0.25) is 13.9 Å². The van der Waals surface area contributed by atoms with Crippen molar-refractivity contribution in [2.75, 3.05) is 24.2 Å². The summed E-state index contributed by atoms with van der Waals surface area (Å²) in [6.45, 7) is 2.24. The number of halogens is 2. The summed E-state index contributed by atoms with van der Waals surface area (Å²) < 4.78 is 26.5. The molecule has 0 aromatic heterocycles. The Morgan fingerprint density at radius 2 is 1.62 bits per heavy atom. The van der Waals surface area contributed by atoms with E-state index in [2.05, 4.69) is 5.32 Å². The van der Waals surface area contributed by atoms with Gasteiger partial charge in [0.2, 0.25) is 21.8 Å². The molecule has 0 radical (unpaired) electrons. The smallest absolute Gasteiger partial charge is 0.242 e. The first-order valence-electron chi connectivity index (χ1n) is 13.1. The highest BCUT2D eigenvalue weighted by atomic mass is 35.5. The molecule has 214 valence electrons. The Morgan fingerprint density at radius 1 is 0.950 bits per heavy atom. The van der Waals surface area contributed by atoms with Crippen molar-refractivity contribution in [3.63, 3.8) is 0 Å². The zero-order chi connectivity index (χ0) is 29.3. The maximum Gasteiger partial charge on any atom is 0.242 e. The van der Waals surface area contributed by atoms with E-state index in [4.69, 9.17) is 23.2 Å². The average molecular weight is 605 g/mol. The number of carbonyl (C=O) groups excluding carboxylic acids is 2. The molecular formula is C30H35Cl2N3O4S. The van der Waals surface area contributed by atoms with Crippen LogP contribution in [0.15, 0.2) is 72.8 Å². The van der Waals surface area contributed by atoms with Crippen LogP contribution in [0.25, 0.3) is 0 Å². The van der Waals surface area contributed by atoms with Crippen LogP contribution in [0.3, 0.4) is 0 Å². The van der Waals surface area contributed by atoms with Crippen LogP contribution in [0.2, 0.25) is 10.0 Å². The van der Waals surface area contributed by atoms with E-state index in [1.807, 2.05) is 49.4 Å². The second-order valence-corrected chi connectivity index (χ2v) is 12.3. The lowest BCUT2D eigenvalue weighted by molar-refractivity contribution is -0.141. The second-order valence-electron chi connectivity index (χ2n) is 9.54. The summed E-state index contributed by atoms with van der Waals surface area (Å²) in [6, 6.07) is 21.0. The molecule has 0 aliphatic heterocycles. The molecule has 3 rings (SSSR count). The molecule has 0 aliphatic carbocycles. The quantitative estimate of drug-likeness (QED) is 0.280. The Bertz CT molecular complexity index is 1400. The molecule has 7 nitrogen and oxygen atoms in total. The van der Waals surface area contributed by atoms with Gasteiger partial charge in [-0.05, 0) is 53.8 Å². The van der Waals surface area contributed by atoms with Crippen molar-refractivity contribution >= 4 is 50.7 Å². The van der Waals surface area contributed by atoms with Crippen LogP contribution in [0.1, 0.15) is 36.5 Å². The topological polar surface area (TPSA) is 86.8 Å². The van der Waals surface area contributed by atoms with E-state index >= 15 is 0 Å². The van der Waals surface area contributed by atoms with Crippen molar-refractivity contribution in [3.8, 4) is 0 Å². The fourth-order valence-corrected chi connectivity index (χ4v) is 5.89. The van der Waals surface area contributed by atoms with Crippen molar-refractivity contribution in [3.05, 3.63) is 99.5 Å². The van der Waals surface area contributed by atoms with Crippen LogP contribution in [0, 0.1) is 0 Å². The van der Waals surface area contributed by atoms with E-state index in [1.165, 1.54) is 16.3 Å². The molecule has 40 heavy (non-hydrogen) atoms. The highest BCUT2D eigenvalue weighted by Crippen LogP contribution is 2.25. The Hall–Kier alpha value is -3.07. The molecular weight excluding hydrogens is 569 g/mol. The predicted molar refractivity (Wildman–Crippen MR) is 162 cm³/mol. The summed E-state index contributed by atoms with van der Waals surface area (Å²) in [5, 5.41) is 3.53. The van der Waals surface area contributed by atoms with Gasteiger partial charge in [-0.15, -0.1) is 0 Å². The van der Waals surface area contributed by atoms with Crippen LogP contribution in [-0.4, -0.2) is 51.0 Å². The number of likely N-dealkylation sites (N-methyl/N-ethyl adjacent to an activating group) is 1. The molecule has 0 saturated carbocycles. The Balaban J connectivity index is 1.86. The molecule has 1 N–H and O–H groups in total. The number of carbonyl (C=O) groups is 2. The number of hydrogen-bond donors (Lipinski definition) is 1. The highest BCUT2D eigenvalue weighted by molar-refractivity contribution is 7.92. The first kappa shape index (κ1) is 31.5. The molecule has 1 atom stereocenters. The number of rotatable bonds is 13. The zero-order valence-electron chi connectivity index (χ0n) is 22.9. The largest absolute Gasteiger partial charge is 0.357 e. The van der Waals surface area contributed by atoms with E-state index < -0.39 is 16.1 Å². The van der Waals surface area contributed by atoms with Crippen LogP contribution in [0.5, 0.6) is 0 Å². The standard InChI is InChI=1S/C30H35Cl2N3O4S/c1-4-22-12-16-26(17-13-22)35(40(3,38)39)18-8-11-29(36)34(21-24-14-15-25(31)20-27(24)32)28(30(37)33-2)19-23-9-6-5-7-10-23/h5-7,9-10,12-17,20,28H,4,8,11,18-19,21H2,1-3H3,(H,33,37)/t28-/m1/s1. The molecule has 0 spiro atoms. The number of nitrogens with one attached hydrogen (secondary N) is 1. The lowest BCUT2D eigenvalue weighted by Crippen LogP contribution is -2.49. The van der Waals surface area contributed by atoms with Gasteiger partial charge in [0.25, 0.3) is 0 Å². The second kappa shape index (κ2) is 14.5. The van der Waals surface area contributed by atoms with Crippen LogP contribution in [-0.2, 0) is 39.0 Å². The predicted octanol–water partition coefficient (Wildman–Crippen LogP) is 5.49. The van der Waals surface area contributed by atoms with Gasteiger partial charge in [-0.2, -0.15) is 0 Å². The highest BCUT2D eigenvalue weighted by Gasteiger charge is 2.30. The lowest BCUT2D eigenvalue weighted by atomic mass is 10.0. The van der Waals surface area contributed by atoms with Gasteiger partial charge in [-0.25, -0.2) is 8.42 Å². The average Bonchev–Trinajstić information content (AvgIpc) is 2.93. The number of benzene rings is 3. The van der Waals surface area contributed by atoms with E-state index in [0.717, 1.165) is 23.8 Å². The van der Waals surface area contributed by atoms with Gasteiger partial charge in [0.15, 0.2) is 0 Å². The lowest BCUT2D eigenvalue weighted by Gasteiger charge is -2.32. The maximum absolute atomic E-state index is 13.7. The number of sulfonamides is 1.